The van der Waals surface area contributed by atoms with Crippen molar-refractivity contribution in [2.24, 2.45) is 0 Å². The SMILES string of the molecule is CC(C(=O)OCN1C(=O)CCC(N2C(=O)c3ccccc3C2=O)C1=O)N(C)C(=O)OC(C)(C)C. The lowest BCUT2D eigenvalue weighted by molar-refractivity contribution is -0.166. The van der Waals surface area contributed by atoms with Crippen LogP contribution in [0.2, 0.25) is 0 Å². The molecule has 182 valence electrons. The molecule has 2 atom stereocenters. The molecule has 2 unspecified atom stereocenters. The Bertz CT molecular complexity index is 1030. The summed E-state index contributed by atoms with van der Waals surface area (Å²) in [6.45, 7) is 5.75. The highest BCUT2D eigenvalue weighted by Gasteiger charge is 2.47. The lowest BCUT2D eigenvalue weighted by atomic mass is 10.0. The van der Waals surface area contributed by atoms with Crippen LogP contribution in [-0.4, -0.2) is 81.9 Å². The fraction of sp³-hybridized carbons (Fsp3) is 0.478. The van der Waals surface area contributed by atoms with Crippen LogP contribution in [0.3, 0.4) is 0 Å². The Morgan fingerprint density at radius 2 is 1.65 bits per heavy atom. The van der Waals surface area contributed by atoms with Gasteiger partial charge in [-0.25, -0.2) is 14.5 Å². The number of hydrogen-bond donors (Lipinski definition) is 0. The summed E-state index contributed by atoms with van der Waals surface area (Å²) in [6.07, 6.45) is -0.882. The molecule has 1 saturated heterocycles. The molecule has 2 aliphatic rings. The average Bonchev–Trinajstić information content (AvgIpc) is 3.02. The van der Waals surface area contributed by atoms with Crippen molar-refractivity contribution in [1.29, 1.82) is 0 Å². The van der Waals surface area contributed by atoms with Crippen LogP contribution in [0.5, 0.6) is 0 Å². The third-order valence-corrected chi connectivity index (χ3v) is 5.56. The van der Waals surface area contributed by atoms with Gasteiger partial charge in [-0.2, -0.15) is 0 Å². The van der Waals surface area contributed by atoms with Crippen LogP contribution < -0.4 is 0 Å². The number of esters is 1. The number of imide groups is 2. The summed E-state index contributed by atoms with van der Waals surface area (Å²) in [5.74, 6) is -3.50. The highest BCUT2D eigenvalue weighted by atomic mass is 16.6. The number of carbonyl (C=O) groups is 6. The van der Waals surface area contributed by atoms with Crippen LogP contribution in [0.15, 0.2) is 24.3 Å². The molecule has 11 heteroatoms. The van der Waals surface area contributed by atoms with E-state index in [1.165, 1.54) is 26.1 Å². The standard InChI is InChI=1S/C23H27N3O8/c1-13(24(5)22(32)34-23(2,3)4)21(31)33-12-25-17(27)11-10-16(20(25)30)26-18(28)14-8-6-7-9-15(14)19(26)29/h6-9,13,16H,10-12H2,1-5H3. The van der Waals surface area contributed by atoms with E-state index in [2.05, 4.69) is 0 Å². The fourth-order valence-corrected chi connectivity index (χ4v) is 3.59. The van der Waals surface area contributed by atoms with Gasteiger partial charge in [0.2, 0.25) is 5.91 Å². The number of likely N-dealkylation sites (N-methyl/N-ethyl adjacent to an activating group) is 1. The van der Waals surface area contributed by atoms with Gasteiger partial charge in [-0.3, -0.25) is 29.0 Å². The zero-order valence-corrected chi connectivity index (χ0v) is 19.7. The smallest absolute Gasteiger partial charge is 0.410 e. The van der Waals surface area contributed by atoms with Gasteiger partial charge in [0.15, 0.2) is 6.73 Å². The van der Waals surface area contributed by atoms with Crippen LogP contribution in [-0.2, 0) is 23.9 Å². The molecule has 0 aromatic heterocycles. The summed E-state index contributed by atoms with van der Waals surface area (Å²) >= 11 is 0. The molecule has 3 rings (SSSR count). The Kier molecular flexibility index (Phi) is 6.76. The molecule has 0 N–H and O–H groups in total. The highest BCUT2D eigenvalue weighted by Crippen LogP contribution is 2.29. The van der Waals surface area contributed by atoms with Gasteiger partial charge in [0.1, 0.15) is 17.7 Å². The Hall–Kier alpha value is -3.76. The first kappa shape index (κ1) is 24.9. The van der Waals surface area contributed by atoms with Gasteiger partial charge in [0, 0.05) is 13.5 Å². The molecule has 1 aromatic rings. The van der Waals surface area contributed by atoms with E-state index in [9.17, 15) is 28.8 Å². The monoisotopic (exact) mass is 473 g/mol. The maximum atomic E-state index is 13.0. The predicted molar refractivity (Wildman–Crippen MR) is 116 cm³/mol. The van der Waals surface area contributed by atoms with Crippen molar-refractivity contribution in [3.05, 3.63) is 35.4 Å². The lowest BCUT2D eigenvalue weighted by Crippen LogP contribution is -2.57. The van der Waals surface area contributed by atoms with Crippen molar-refractivity contribution >= 4 is 35.7 Å². The van der Waals surface area contributed by atoms with E-state index in [0.717, 1.165) is 9.80 Å². The minimum absolute atomic E-state index is 0.0225. The van der Waals surface area contributed by atoms with E-state index in [-0.39, 0.29) is 24.0 Å². The molecule has 0 bridgehead atoms. The molecule has 0 radical (unpaired) electrons. The van der Waals surface area contributed by atoms with Crippen LogP contribution in [0.4, 0.5) is 4.79 Å². The minimum atomic E-state index is -1.19. The third-order valence-electron chi connectivity index (χ3n) is 5.56. The van der Waals surface area contributed by atoms with Gasteiger partial charge in [-0.1, -0.05) is 12.1 Å². The summed E-state index contributed by atoms with van der Waals surface area (Å²) in [5.41, 5.74) is -0.385. The Labute approximate surface area is 196 Å². The van der Waals surface area contributed by atoms with Gasteiger partial charge < -0.3 is 9.47 Å². The lowest BCUT2D eigenvalue weighted by Gasteiger charge is -2.34. The highest BCUT2D eigenvalue weighted by molar-refractivity contribution is 6.23. The van der Waals surface area contributed by atoms with Crippen LogP contribution in [0.25, 0.3) is 0 Å². The number of carbonyl (C=O) groups excluding carboxylic acids is 6. The number of hydrogen-bond acceptors (Lipinski definition) is 8. The summed E-state index contributed by atoms with van der Waals surface area (Å²) < 4.78 is 10.3. The molecule has 1 fully saturated rings. The molecule has 5 amide bonds. The molecular formula is C23H27N3O8. The summed E-state index contributed by atoms with van der Waals surface area (Å²) in [7, 11) is 1.36. The second-order valence-electron chi connectivity index (χ2n) is 9.10. The van der Waals surface area contributed by atoms with Gasteiger partial charge in [0.25, 0.3) is 17.7 Å². The van der Waals surface area contributed by atoms with E-state index in [4.69, 9.17) is 9.47 Å². The molecule has 0 aliphatic carbocycles. The first-order valence-corrected chi connectivity index (χ1v) is 10.8. The number of piperidine rings is 1. The van der Waals surface area contributed by atoms with Gasteiger partial charge in [0.05, 0.1) is 11.1 Å². The zero-order valence-electron chi connectivity index (χ0n) is 19.7. The second kappa shape index (κ2) is 9.24. The number of rotatable bonds is 5. The number of fused-ring (bicyclic) bond motifs is 1. The van der Waals surface area contributed by atoms with Crippen molar-refractivity contribution in [2.75, 3.05) is 13.8 Å². The van der Waals surface area contributed by atoms with Crippen molar-refractivity contribution < 1.29 is 38.2 Å². The zero-order chi connectivity index (χ0) is 25.4. The number of nitrogens with zero attached hydrogens (tertiary/aromatic N) is 3. The predicted octanol–water partition coefficient (Wildman–Crippen LogP) is 1.56. The number of benzene rings is 1. The molecule has 0 saturated carbocycles. The van der Waals surface area contributed by atoms with E-state index in [0.29, 0.717) is 4.90 Å². The summed E-state index contributed by atoms with van der Waals surface area (Å²) in [6, 6.07) is 3.97. The van der Waals surface area contributed by atoms with Crippen LogP contribution in [0, 0.1) is 0 Å². The van der Waals surface area contributed by atoms with Gasteiger partial charge >= 0.3 is 12.1 Å². The summed E-state index contributed by atoms with van der Waals surface area (Å²) in [4.78, 5) is 78.1. The normalized spacial score (nSPS) is 19.1. The Morgan fingerprint density at radius 3 is 2.18 bits per heavy atom. The molecule has 1 aromatic carbocycles. The second-order valence-corrected chi connectivity index (χ2v) is 9.10. The van der Waals surface area contributed by atoms with Crippen molar-refractivity contribution in [1.82, 2.24) is 14.7 Å². The molecule has 0 spiro atoms. The number of ether oxygens (including phenoxy) is 2. The van der Waals surface area contributed by atoms with Crippen LogP contribution >= 0.6 is 0 Å². The molecule has 11 nitrogen and oxygen atoms in total. The Morgan fingerprint density at radius 1 is 1.09 bits per heavy atom. The Balaban J connectivity index is 1.66. The van der Waals surface area contributed by atoms with Crippen LogP contribution in [0.1, 0.15) is 61.3 Å². The topological polar surface area (TPSA) is 131 Å². The molecule has 2 heterocycles. The quantitative estimate of drug-likeness (QED) is 0.465. The van der Waals surface area contributed by atoms with E-state index in [1.807, 2.05) is 0 Å². The van der Waals surface area contributed by atoms with Gasteiger partial charge in [-0.05, 0) is 46.2 Å². The average molecular weight is 473 g/mol. The van der Waals surface area contributed by atoms with Crippen molar-refractivity contribution in [2.45, 2.75) is 58.2 Å². The number of amides is 5. The van der Waals surface area contributed by atoms with Crippen molar-refractivity contribution in [3.63, 3.8) is 0 Å². The summed E-state index contributed by atoms with van der Waals surface area (Å²) in [5, 5.41) is 0. The fourth-order valence-electron chi connectivity index (χ4n) is 3.59. The number of likely N-dealkylation sites (tertiary alicyclic amines) is 1. The van der Waals surface area contributed by atoms with E-state index < -0.39 is 60.1 Å². The maximum Gasteiger partial charge on any atom is 0.410 e. The van der Waals surface area contributed by atoms with Gasteiger partial charge in [-0.15, -0.1) is 0 Å². The molecule has 2 aliphatic heterocycles. The van der Waals surface area contributed by atoms with Crippen molar-refractivity contribution in [3.8, 4) is 0 Å². The maximum absolute atomic E-state index is 13.0. The molecule has 34 heavy (non-hydrogen) atoms. The molecular weight excluding hydrogens is 446 g/mol. The largest absolute Gasteiger partial charge is 0.444 e. The minimum Gasteiger partial charge on any atom is -0.444 e. The first-order chi connectivity index (χ1) is 15.8. The first-order valence-electron chi connectivity index (χ1n) is 10.8. The third kappa shape index (κ3) is 4.78. The van der Waals surface area contributed by atoms with E-state index >= 15 is 0 Å². The van der Waals surface area contributed by atoms with E-state index in [1.54, 1.807) is 32.9 Å².